The molecule has 5 nitrogen and oxygen atoms in total. The first-order valence-electron chi connectivity index (χ1n) is 4.49. The molecule has 1 N–H and O–H groups in total. The fourth-order valence-corrected chi connectivity index (χ4v) is 1.81. The van der Waals surface area contributed by atoms with E-state index >= 15 is 0 Å². The molecule has 2 rings (SSSR count). The highest BCUT2D eigenvalue weighted by atomic mass is 79.9. The third-order valence-corrected chi connectivity index (χ3v) is 2.51. The van der Waals surface area contributed by atoms with E-state index in [9.17, 15) is 0 Å². The lowest BCUT2D eigenvalue weighted by molar-refractivity contribution is 0.379. The molecule has 0 spiro atoms. The van der Waals surface area contributed by atoms with Crippen molar-refractivity contribution in [2.24, 2.45) is 0 Å². The molecule has 7 heteroatoms. The minimum absolute atomic E-state index is 0.398. The Morgan fingerprint density at radius 1 is 1.56 bits per heavy atom. The Bertz CT molecular complexity index is 502. The summed E-state index contributed by atoms with van der Waals surface area (Å²) in [7, 11) is 0. The first-order chi connectivity index (χ1) is 7.65. The van der Waals surface area contributed by atoms with Gasteiger partial charge in [-0.05, 0) is 28.9 Å². The number of nitrogens with one attached hydrogen (secondary N) is 1. The van der Waals surface area contributed by atoms with Gasteiger partial charge < -0.3 is 9.84 Å². The Morgan fingerprint density at radius 3 is 3.00 bits per heavy atom. The smallest absolute Gasteiger partial charge is 0.245 e. The molecule has 0 fully saturated rings. The van der Waals surface area contributed by atoms with Crippen molar-refractivity contribution in [3.8, 4) is 0 Å². The average molecular weight is 304 g/mol. The number of pyridine rings is 1. The van der Waals surface area contributed by atoms with E-state index in [1.807, 2.05) is 0 Å². The van der Waals surface area contributed by atoms with Crippen LogP contribution in [-0.2, 0) is 6.54 Å². The second-order valence-corrected chi connectivity index (χ2v) is 4.40. The minimum Gasteiger partial charge on any atom is -0.360 e. The summed E-state index contributed by atoms with van der Waals surface area (Å²) in [6.45, 7) is 2.16. The monoisotopic (exact) mass is 302 g/mol. The molecule has 0 aliphatic rings. The molecule has 16 heavy (non-hydrogen) atoms. The molecule has 0 amide bonds. The highest BCUT2D eigenvalue weighted by Crippen LogP contribution is 2.23. The van der Waals surface area contributed by atoms with Crippen LogP contribution in [-0.4, -0.2) is 15.1 Å². The van der Waals surface area contributed by atoms with E-state index in [-0.39, 0.29) is 0 Å². The van der Waals surface area contributed by atoms with Crippen molar-refractivity contribution in [1.29, 1.82) is 0 Å². The van der Waals surface area contributed by atoms with Crippen LogP contribution in [0.4, 0.5) is 5.82 Å². The SMILES string of the molecule is Cc1noc(CNc2ncc(Br)cc2Cl)n1. The number of aromatic nitrogens is 3. The predicted molar refractivity (Wildman–Crippen MR) is 63.3 cm³/mol. The molecule has 2 heterocycles. The van der Waals surface area contributed by atoms with E-state index in [0.29, 0.717) is 29.1 Å². The van der Waals surface area contributed by atoms with Gasteiger partial charge >= 0.3 is 0 Å². The second kappa shape index (κ2) is 4.80. The lowest BCUT2D eigenvalue weighted by atomic mass is 10.4. The zero-order valence-electron chi connectivity index (χ0n) is 8.37. The van der Waals surface area contributed by atoms with Crippen molar-refractivity contribution in [1.82, 2.24) is 15.1 Å². The van der Waals surface area contributed by atoms with E-state index in [1.54, 1.807) is 19.2 Å². The highest BCUT2D eigenvalue weighted by molar-refractivity contribution is 9.10. The van der Waals surface area contributed by atoms with Crippen LogP contribution in [0.3, 0.4) is 0 Å². The largest absolute Gasteiger partial charge is 0.360 e. The fraction of sp³-hybridized carbons (Fsp3) is 0.222. The maximum absolute atomic E-state index is 5.98. The summed E-state index contributed by atoms with van der Waals surface area (Å²) in [4.78, 5) is 8.17. The van der Waals surface area contributed by atoms with Crippen molar-refractivity contribution in [2.75, 3.05) is 5.32 Å². The summed E-state index contributed by atoms with van der Waals surface area (Å²) in [5.41, 5.74) is 0. The normalized spacial score (nSPS) is 10.4. The molecule has 0 saturated heterocycles. The van der Waals surface area contributed by atoms with Crippen molar-refractivity contribution in [2.45, 2.75) is 13.5 Å². The van der Waals surface area contributed by atoms with Gasteiger partial charge in [0.25, 0.3) is 0 Å². The molecule has 0 unspecified atom stereocenters. The Morgan fingerprint density at radius 2 is 2.38 bits per heavy atom. The van der Waals surface area contributed by atoms with E-state index in [0.717, 1.165) is 4.47 Å². The lowest BCUT2D eigenvalue weighted by Gasteiger charge is -2.04. The van der Waals surface area contributed by atoms with Crippen LogP contribution < -0.4 is 5.32 Å². The fourth-order valence-electron chi connectivity index (χ4n) is 1.12. The van der Waals surface area contributed by atoms with Gasteiger partial charge in [-0.3, -0.25) is 0 Å². The van der Waals surface area contributed by atoms with Crippen LogP contribution >= 0.6 is 27.5 Å². The van der Waals surface area contributed by atoms with Crippen LogP contribution in [0.1, 0.15) is 11.7 Å². The summed E-state index contributed by atoms with van der Waals surface area (Å²) >= 11 is 9.26. The molecule has 0 radical (unpaired) electrons. The molecular formula is C9H8BrClN4O. The summed E-state index contributed by atoms with van der Waals surface area (Å²) in [5.74, 6) is 1.69. The zero-order valence-corrected chi connectivity index (χ0v) is 10.7. The van der Waals surface area contributed by atoms with Gasteiger partial charge in [0.1, 0.15) is 5.82 Å². The van der Waals surface area contributed by atoms with Gasteiger partial charge in [-0.15, -0.1) is 0 Å². The molecule has 2 aromatic rings. The predicted octanol–water partition coefficient (Wildman–Crippen LogP) is 2.80. The topological polar surface area (TPSA) is 63.8 Å². The van der Waals surface area contributed by atoms with Crippen LogP contribution in [0, 0.1) is 6.92 Å². The van der Waals surface area contributed by atoms with Gasteiger partial charge in [0.2, 0.25) is 5.89 Å². The Hall–Kier alpha value is -1.14. The third kappa shape index (κ3) is 2.70. The van der Waals surface area contributed by atoms with Gasteiger partial charge in [0.15, 0.2) is 5.82 Å². The molecule has 2 aromatic heterocycles. The Balaban J connectivity index is 2.04. The molecule has 0 atom stereocenters. The number of hydrogen-bond acceptors (Lipinski definition) is 5. The molecule has 0 bridgehead atoms. The van der Waals surface area contributed by atoms with Gasteiger partial charge in [-0.2, -0.15) is 4.98 Å². The van der Waals surface area contributed by atoms with Crippen molar-refractivity contribution in [3.63, 3.8) is 0 Å². The standard InChI is InChI=1S/C9H8BrClN4O/c1-5-14-8(16-15-5)4-13-9-7(11)2-6(10)3-12-9/h2-3H,4H2,1H3,(H,12,13). The molecule has 0 saturated carbocycles. The summed E-state index contributed by atoms with van der Waals surface area (Å²) in [6.07, 6.45) is 1.66. The average Bonchev–Trinajstić information content (AvgIpc) is 2.63. The minimum atomic E-state index is 0.398. The number of rotatable bonds is 3. The summed E-state index contributed by atoms with van der Waals surface area (Å²) in [5, 5.41) is 7.22. The third-order valence-electron chi connectivity index (χ3n) is 1.78. The number of aryl methyl sites for hydroxylation is 1. The maximum atomic E-state index is 5.98. The Labute approximate surface area is 105 Å². The van der Waals surface area contributed by atoms with Crippen LogP contribution in [0.2, 0.25) is 5.02 Å². The zero-order chi connectivity index (χ0) is 11.5. The van der Waals surface area contributed by atoms with Gasteiger partial charge in [0.05, 0.1) is 11.6 Å². The number of anilines is 1. The lowest BCUT2D eigenvalue weighted by Crippen LogP contribution is -2.02. The van der Waals surface area contributed by atoms with Crippen LogP contribution in [0.15, 0.2) is 21.3 Å². The Kier molecular flexibility index (Phi) is 3.40. The number of hydrogen-bond donors (Lipinski definition) is 1. The maximum Gasteiger partial charge on any atom is 0.245 e. The van der Waals surface area contributed by atoms with E-state index < -0.39 is 0 Å². The molecule has 0 aliphatic heterocycles. The van der Waals surface area contributed by atoms with Crippen LogP contribution in [0.5, 0.6) is 0 Å². The highest BCUT2D eigenvalue weighted by Gasteiger charge is 2.05. The first-order valence-corrected chi connectivity index (χ1v) is 5.66. The van der Waals surface area contributed by atoms with Crippen LogP contribution in [0.25, 0.3) is 0 Å². The van der Waals surface area contributed by atoms with Gasteiger partial charge in [0, 0.05) is 10.7 Å². The van der Waals surface area contributed by atoms with Crippen molar-refractivity contribution < 1.29 is 4.52 Å². The number of halogens is 2. The molecule has 84 valence electrons. The van der Waals surface area contributed by atoms with E-state index in [1.165, 1.54) is 0 Å². The second-order valence-electron chi connectivity index (χ2n) is 3.07. The van der Waals surface area contributed by atoms with Crippen molar-refractivity contribution in [3.05, 3.63) is 33.5 Å². The van der Waals surface area contributed by atoms with E-state index in [4.69, 9.17) is 16.1 Å². The van der Waals surface area contributed by atoms with E-state index in [2.05, 4.69) is 36.4 Å². The van der Waals surface area contributed by atoms with Gasteiger partial charge in [-0.1, -0.05) is 16.8 Å². The van der Waals surface area contributed by atoms with Crippen molar-refractivity contribution >= 4 is 33.3 Å². The first kappa shape index (κ1) is 11.3. The van der Waals surface area contributed by atoms with Gasteiger partial charge in [-0.25, -0.2) is 4.98 Å². The quantitative estimate of drug-likeness (QED) is 0.944. The molecular weight excluding hydrogens is 295 g/mol. The number of nitrogens with zero attached hydrogens (tertiary/aromatic N) is 3. The molecule has 0 aliphatic carbocycles. The molecule has 0 aromatic carbocycles. The summed E-state index contributed by atoms with van der Waals surface area (Å²) in [6, 6.07) is 1.76. The summed E-state index contributed by atoms with van der Waals surface area (Å²) < 4.78 is 5.78.